The van der Waals surface area contributed by atoms with Crippen molar-refractivity contribution in [3.63, 3.8) is 0 Å². The molecule has 0 heterocycles. The molecule has 18 nitrogen and oxygen atoms in total. The van der Waals surface area contributed by atoms with E-state index < -0.39 is 101 Å². The van der Waals surface area contributed by atoms with Crippen LogP contribution < -0.4 is 21.3 Å². The van der Waals surface area contributed by atoms with E-state index in [0.29, 0.717) is 0 Å². The second-order valence-corrected chi connectivity index (χ2v) is 14.1. The van der Waals surface area contributed by atoms with Crippen LogP contribution in [0.4, 0.5) is 9.59 Å². The number of carboxylic acids is 2. The third kappa shape index (κ3) is 13.7. The van der Waals surface area contributed by atoms with Gasteiger partial charge in [-0.15, -0.1) is 0 Å². The number of alkyl carbamates (subject to hydrolysis) is 2. The number of aliphatic carboxylic acids is 2. The molecule has 2 aliphatic rings. The molecule has 0 saturated heterocycles. The number of rotatable bonds is 10. The highest BCUT2D eigenvalue weighted by Gasteiger charge is 2.52. The Bertz CT molecular complexity index is 1270. The van der Waals surface area contributed by atoms with Crippen molar-refractivity contribution in [2.24, 2.45) is 35.5 Å². The van der Waals surface area contributed by atoms with E-state index in [1.807, 2.05) is 0 Å². The van der Waals surface area contributed by atoms with Crippen LogP contribution in [0, 0.1) is 35.5 Å². The summed E-state index contributed by atoms with van der Waals surface area (Å²) in [5.74, 6) is -8.92. The molecule has 0 bridgehead atoms. The SMILES string of the molecule is CNC(=O)[C@@H]1C[C@H](C(=O)O)[C@@H](NC(=O)OC(C)(C)C)[C@H]1COC(C)=O.CNC(=O)[C@H]1C[C@@H](C(=O)O)[C@H](COC(C)=O)[C@@H]1NC(=O)OC(C)(C)C. The van der Waals surface area contributed by atoms with E-state index in [1.165, 1.54) is 27.9 Å². The molecule has 2 saturated carbocycles. The fourth-order valence-corrected chi connectivity index (χ4v) is 5.94. The van der Waals surface area contributed by atoms with Crippen LogP contribution in [0.1, 0.15) is 68.2 Å². The van der Waals surface area contributed by atoms with E-state index in [-0.39, 0.29) is 32.0 Å². The number of nitrogens with one attached hydrogen (secondary N) is 4. The maximum atomic E-state index is 12.1. The van der Waals surface area contributed by atoms with Crippen LogP contribution >= 0.6 is 0 Å². The molecule has 2 aliphatic carbocycles. The predicted molar refractivity (Wildman–Crippen MR) is 173 cm³/mol. The third-order valence-electron chi connectivity index (χ3n) is 7.96. The van der Waals surface area contributed by atoms with E-state index in [2.05, 4.69) is 21.3 Å². The molecule has 2 fully saturated rings. The molecule has 8 atom stereocenters. The van der Waals surface area contributed by atoms with Gasteiger partial charge in [-0.2, -0.15) is 0 Å². The number of esters is 2. The van der Waals surface area contributed by atoms with Gasteiger partial charge in [0.05, 0.1) is 43.1 Å². The smallest absolute Gasteiger partial charge is 0.407 e. The first-order chi connectivity index (χ1) is 22.9. The van der Waals surface area contributed by atoms with Gasteiger partial charge in [-0.1, -0.05) is 0 Å². The quantitative estimate of drug-likeness (QED) is 0.136. The Morgan fingerprint density at radius 1 is 0.580 bits per heavy atom. The highest BCUT2D eigenvalue weighted by Crippen LogP contribution is 2.39. The van der Waals surface area contributed by atoms with Crippen molar-refractivity contribution in [2.75, 3.05) is 27.3 Å². The fraction of sp³-hybridized carbons (Fsp3) is 0.750. The molecule has 2 rings (SSSR count). The summed E-state index contributed by atoms with van der Waals surface area (Å²) in [5.41, 5.74) is -1.50. The van der Waals surface area contributed by atoms with Gasteiger partial charge < -0.3 is 50.4 Å². The van der Waals surface area contributed by atoms with Crippen molar-refractivity contribution in [1.29, 1.82) is 0 Å². The summed E-state index contributed by atoms with van der Waals surface area (Å²) >= 11 is 0. The number of carboxylic acid groups (broad SMARTS) is 2. The molecule has 0 aliphatic heterocycles. The zero-order valence-corrected chi connectivity index (χ0v) is 30.2. The van der Waals surface area contributed by atoms with Crippen LogP contribution in [0.15, 0.2) is 0 Å². The summed E-state index contributed by atoms with van der Waals surface area (Å²) in [4.78, 5) is 93.8. The summed E-state index contributed by atoms with van der Waals surface area (Å²) < 4.78 is 20.3. The van der Waals surface area contributed by atoms with Gasteiger partial charge in [0, 0.05) is 45.7 Å². The predicted octanol–water partition coefficient (Wildman–Crippen LogP) is 1.05. The lowest BCUT2D eigenvalue weighted by Crippen LogP contribution is -2.49. The monoisotopic (exact) mass is 716 g/mol. The van der Waals surface area contributed by atoms with E-state index in [0.717, 1.165) is 0 Å². The zero-order chi connectivity index (χ0) is 38.7. The molecular weight excluding hydrogens is 664 g/mol. The normalized spacial score (nSPS) is 25.8. The Kier molecular flexibility index (Phi) is 15.9. The maximum Gasteiger partial charge on any atom is 0.407 e. The largest absolute Gasteiger partial charge is 0.481 e. The topological polar surface area (TPSA) is 262 Å². The molecule has 0 spiro atoms. The van der Waals surface area contributed by atoms with Crippen molar-refractivity contribution in [3.05, 3.63) is 0 Å². The fourth-order valence-electron chi connectivity index (χ4n) is 5.94. The van der Waals surface area contributed by atoms with Crippen LogP contribution in [0.3, 0.4) is 0 Å². The van der Waals surface area contributed by atoms with E-state index in [1.54, 1.807) is 41.5 Å². The molecule has 4 amide bonds. The van der Waals surface area contributed by atoms with Gasteiger partial charge in [-0.3, -0.25) is 28.8 Å². The van der Waals surface area contributed by atoms with E-state index in [9.17, 15) is 48.6 Å². The maximum absolute atomic E-state index is 12.1. The highest BCUT2D eigenvalue weighted by atomic mass is 16.6. The summed E-state index contributed by atoms with van der Waals surface area (Å²) in [6.07, 6.45) is -1.48. The van der Waals surface area contributed by atoms with Crippen LogP contribution in [-0.4, -0.2) is 109 Å². The van der Waals surface area contributed by atoms with Crippen molar-refractivity contribution >= 4 is 47.9 Å². The minimum atomic E-state index is -1.14. The molecule has 6 N–H and O–H groups in total. The zero-order valence-electron chi connectivity index (χ0n) is 30.2. The first-order valence-corrected chi connectivity index (χ1v) is 16.1. The van der Waals surface area contributed by atoms with Crippen LogP contribution in [0.25, 0.3) is 0 Å². The van der Waals surface area contributed by atoms with Crippen molar-refractivity contribution in [2.45, 2.75) is 91.5 Å². The number of carbonyl (C=O) groups is 8. The molecule has 284 valence electrons. The Labute approximate surface area is 291 Å². The lowest BCUT2D eigenvalue weighted by Gasteiger charge is -2.28. The van der Waals surface area contributed by atoms with Crippen molar-refractivity contribution in [1.82, 2.24) is 21.3 Å². The minimum Gasteiger partial charge on any atom is -0.481 e. The first-order valence-electron chi connectivity index (χ1n) is 16.1. The van der Waals surface area contributed by atoms with Gasteiger partial charge in [0.25, 0.3) is 0 Å². The highest BCUT2D eigenvalue weighted by molar-refractivity contribution is 5.83. The molecule has 0 aromatic rings. The van der Waals surface area contributed by atoms with Gasteiger partial charge in [-0.05, 0) is 54.4 Å². The summed E-state index contributed by atoms with van der Waals surface area (Å²) in [7, 11) is 2.87. The number of hydrogen-bond acceptors (Lipinski definition) is 12. The number of carbonyl (C=O) groups excluding carboxylic acids is 6. The van der Waals surface area contributed by atoms with Crippen LogP contribution in [0.2, 0.25) is 0 Å². The number of ether oxygens (including phenoxy) is 4. The Morgan fingerprint density at radius 3 is 1.26 bits per heavy atom. The van der Waals surface area contributed by atoms with Gasteiger partial charge in [0.15, 0.2) is 0 Å². The summed E-state index contributed by atoms with van der Waals surface area (Å²) in [6.45, 7) is 12.2. The molecule has 50 heavy (non-hydrogen) atoms. The minimum absolute atomic E-state index is 0.0292. The number of hydrogen-bond donors (Lipinski definition) is 6. The van der Waals surface area contributed by atoms with Crippen LogP contribution in [-0.2, 0) is 47.7 Å². The first kappa shape index (κ1) is 43.4. The second kappa shape index (κ2) is 18.4. The van der Waals surface area contributed by atoms with Crippen molar-refractivity contribution < 1.29 is 67.5 Å². The van der Waals surface area contributed by atoms with Gasteiger partial charge in [0.2, 0.25) is 11.8 Å². The third-order valence-corrected chi connectivity index (χ3v) is 7.96. The molecule has 18 heteroatoms. The molecule has 0 aromatic heterocycles. The molecule has 0 unspecified atom stereocenters. The summed E-state index contributed by atoms with van der Waals surface area (Å²) in [5, 5.41) is 29.0. The standard InChI is InChI=1S/2C16H26N2O7/c1-8(19)24-7-11-9(14(21)22)6-10(13(20)17-5)12(11)18-15(23)25-16(2,3)4;1-8(19)24-7-11-9(13(20)17-5)6-10(14(21)22)12(11)18-15(23)25-16(2,3)4/h2*9-12H,6-7H2,1-5H3,(H,17,20)(H,18,23)(H,21,22)/t2*9-,10+,11+,12-/m11/s1. The van der Waals surface area contributed by atoms with E-state index in [4.69, 9.17) is 18.9 Å². The lowest BCUT2D eigenvalue weighted by molar-refractivity contribution is -0.149. The van der Waals surface area contributed by atoms with Gasteiger partial charge in [-0.25, -0.2) is 9.59 Å². The Balaban J connectivity index is 0.000000500. The Hall–Kier alpha value is -4.64. The number of amides is 4. The summed E-state index contributed by atoms with van der Waals surface area (Å²) in [6, 6.07) is -1.72. The molecule has 0 aromatic carbocycles. The molecule has 0 radical (unpaired) electrons. The van der Waals surface area contributed by atoms with E-state index >= 15 is 0 Å². The average molecular weight is 717 g/mol. The van der Waals surface area contributed by atoms with Gasteiger partial charge in [0.1, 0.15) is 11.2 Å². The lowest BCUT2D eigenvalue weighted by atomic mass is 9.93. The average Bonchev–Trinajstić information content (AvgIpc) is 3.50. The molecular formula is C32H52N4O14. The second-order valence-electron chi connectivity index (χ2n) is 14.1. The van der Waals surface area contributed by atoms with Crippen LogP contribution in [0.5, 0.6) is 0 Å². The van der Waals surface area contributed by atoms with Gasteiger partial charge >= 0.3 is 36.1 Å². The van der Waals surface area contributed by atoms with Crippen molar-refractivity contribution in [3.8, 4) is 0 Å². The Morgan fingerprint density at radius 2 is 0.920 bits per heavy atom.